The van der Waals surface area contributed by atoms with Gasteiger partial charge in [-0.1, -0.05) is 41.4 Å². The Hall–Kier alpha value is -2.44. The van der Waals surface area contributed by atoms with Gasteiger partial charge in [-0.3, -0.25) is 4.98 Å². The highest BCUT2D eigenvalue weighted by Gasteiger charge is 2.18. The molecule has 0 spiro atoms. The van der Waals surface area contributed by atoms with Crippen LogP contribution in [0.25, 0.3) is 21.8 Å². The summed E-state index contributed by atoms with van der Waals surface area (Å²) in [5.74, 6) is 0.496. The molecule has 0 aliphatic rings. The van der Waals surface area contributed by atoms with Crippen LogP contribution in [0.15, 0.2) is 63.4 Å². The molecule has 142 valence electrons. The van der Waals surface area contributed by atoms with E-state index >= 15 is 0 Å². The van der Waals surface area contributed by atoms with E-state index in [0.717, 1.165) is 26.3 Å². The average molecular weight is 458 g/mol. The summed E-state index contributed by atoms with van der Waals surface area (Å²) in [6.07, 6.45) is 1.67. The van der Waals surface area contributed by atoms with Crippen LogP contribution in [0.4, 0.5) is 11.4 Å². The standard InChI is InChI=1S/C21H18BrClN4O/c1-12(2)11-27-19-6-3-13(22)9-16(19)20(21(27)28)26-25-17-7-8-24-18-10-14(23)4-5-15(17)18/h3-10,12,28H,11H2,1-2H3. The lowest BCUT2D eigenvalue weighted by Crippen LogP contribution is -2.03. The Morgan fingerprint density at radius 1 is 1.11 bits per heavy atom. The Morgan fingerprint density at radius 2 is 1.93 bits per heavy atom. The molecule has 0 saturated heterocycles. The molecule has 1 N–H and O–H groups in total. The van der Waals surface area contributed by atoms with Crippen LogP contribution < -0.4 is 0 Å². The third-order valence-corrected chi connectivity index (χ3v) is 5.19. The number of hydrogen-bond acceptors (Lipinski definition) is 4. The number of aromatic nitrogens is 2. The van der Waals surface area contributed by atoms with Crippen LogP contribution in [0.1, 0.15) is 13.8 Å². The van der Waals surface area contributed by atoms with Crippen molar-refractivity contribution < 1.29 is 5.11 Å². The number of fused-ring (bicyclic) bond motifs is 2. The molecule has 0 saturated carbocycles. The first kappa shape index (κ1) is 18.9. The molecule has 0 radical (unpaired) electrons. The number of azo groups is 1. The first-order chi connectivity index (χ1) is 13.4. The van der Waals surface area contributed by atoms with Gasteiger partial charge in [0.2, 0.25) is 5.88 Å². The Balaban J connectivity index is 1.86. The minimum absolute atomic E-state index is 0.118. The monoisotopic (exact) mass is 456 g/mol. The van der Waals surface area contributed by atoms with Crippen molar-refractivity contribution in [3.63, 3.8) is 0 Å². The van der Waals surface area contributed by atoms with Gasteiger partial charge in [0.1, 0.15) is 0 Å². The highest BCUT2D eigenvalue weighted by atomic mass is 79.9. The molecule has 4 aromatic rings. The molecule has 0 bridgehead atoms. The van der Waals surface area contributed by atoms with Crippen LogP contribution in [0.5, 0.6) is 5.88 Å². The topological polar surface area (TPSA) is 62.8 Å². The normalized spacial score (nSPS) is 12.0. The fourth-order valence-electron chi connectivity index (χ4n) is 3.24. The van der Waals surface area contributed by atoms with Crippen molar-refractivity contribution in [2.75, 3.05) is 0 Å². The maximum atomic E-state index is 10.8. The van der Waals surface area contributed by atoms with Gasteiger partial charge in [-0.15, -0.1) is 10.2 Å². The third kappa shape index (κ3) is 3.50. The third-order valence-electron chi connectivity index (χ3n) is 4.46. The van der Waals surface area contributed by atoms with Gasteiger partial charge in [-0.05, 0) is 48.4 Å². The van der Waals surface area contributed by atoms with Crippen molar-refractivity contribution in [3.8, 4) is 5.88 Å². The van der Waals surface area contributed by atoms with Crippen molar-refractivity contribution >= 4 is 60.7 Å². The Bertz CT molecular complexity index is 1220. The van der Waals surface area contributed by atoms with Crippen LogP contribution in [-0.4, -0.2) is 14.7 Å². The molecule has 5 nitrogen and oxygen atoms in total. The molecule has 2 heterocycles. The Kier molecular flexibility index (Phi) is 5.08. The van der Waals surface area contributed by atoms with Gasteiger partial charge in [0.05, 0.1) is 16.7 Å². The summed E-state index contributed by atoms with van der Waals surface area (Å²) >= 11 is 9.56. The van der Waals surface area contributed by atoms with Crippen LogP contribution in [0.2, 0.25) is 5.02 Å². The molecular weight excluding hydrogens is 440 g/mol. The smallest absolute Gasteiger partial charge is 0.220 e. The summed E-state index contributed by atoms with van der Waals surface area (Å²) in [7, 11) is 0. The molecule has 0 fully saturated rings. The predicted octanol–water partition coefficient (Wildman–Crippen LogP) is 7.38. The van der Waals surface area contributed by atoms with E-state index in [4.69, 9.17) is 11.6 Å². The molecule has 0 aliphatic heterocycles. The first-order valence-electron chi connectivity index (χ1n) is 8.91. The largest absolute Gasteiger partial charge is 0.493 e. The van der Waals surface area contributed by atoms with Gasteiger partial charge >= 0.3 is 0 Å². The number of aromatic hydroxyl groups is 1. The molecule has 28 heavy (non-hydrogen) atoms. The number of nitrogens with zero attached hydrogens (tertiary/aromatic N) is 4. The van der Waals surface area contributed by atoms with E-state index in [-0.39, 0.29) is 5.88 Å². The van der Waals surface area contributed by atoms with Gasteiger partial charge in [-0.25, -0.2) is 0 Å². The maximum absolute atomic E-state index is 10.8. The summed E-state index contributed by atoms with van der Waals surface area (Å²) in [6.45, 7) is 4.91. The molecule has 0 unspecified atom stereocenters. The second-order valence-corrected chi connectivity index (χ2v) is 8.38. The lowest BCUT2D eigenvalue weighted by atomic mass is 10.2. The van der Waals surface area contributed by atoms with E-state index in [1.807, 2.05) is 28.8 Å². The summed E-state index contributed by atoms with van der Waals surface area (Å²) in [5.41, 5.74) is 2.80. The molecule has 2 aromatic heterocycles. The van der Waals surface area contributed by atoms with Gasteiger partial charge in [0, 0.05) is 33.0 Å². The van der Waals surface area contributed by atoms with Gasteiger partial charge in [0.25, 0.3) is 0 Å². The average Bonchev–Trinajstić information content (AvgIpc) is 2.90. The van der Waals surface area contributed by atoms with E-state index in [1.54, 1.807) is 24.4 Å². The van der Waals surface area contributed by atoms with E-state index in [2.05, 4.69) is 45.0 Å². The van der Waals surface area contributed by atoms with Crippen molar-refractivity contribution in [2.45, 2.75) is 20.4 Å². The highest BCUT2D eigenvalue weighted by molar-refractivity contribution is 9.10. The maximum Gasteiger partial charge on any atom is 0.220 e. The van der Waals surface area contributed by atoms with Crippen LogP contribution in [0.3, 0.4) is 0 Å². The van der Waals surface area contributed by atoms with Crippen LogP contribution in [-0.2, 0) is 6.54 Å². The SMILES string of the molecule is CC(C)Cn1c(O)c(N=Nc2ccnc3cc(Cl)ccc23)c2cc(Br)ccc21. The molecule has 0 amide bonds. The number of benzene rings is 2. The minimum Gasteiger partial charge on any atom is -0.493 e. The van der Waals surface area contributed by atoms with Crippen molar-refractivity contribution in [1.82, 2.24) is 9.55 Å². The summed E-state index contributed by atoms with van der Waals surface area (Å²) < 4.78 is 2.80. The van der Waals surface area contributed by atoms with Crippen molar-refractivity contribution in [2.24, 2.45) is 16.1 Å². The second kappa shape index (κ2) is 7.53. The van der Waals surface area contributed by atoms with Gasteiger partial charge in [0.15, 0.2) is 5.69 Å². The summed E-state index contributed by atoms with van der Waals surface area (Å²) in [6, 6.07) is 13.1. The second-order valence-electron chi connectivity index (χ2n) is 7.03. The van der Waals surface area contributed by atoms with Crippen molar-refractivity contribution in [3.05, 3.63) is 58.2 Å². The van der Waals surface area contributed by atoms with E-state index in [9.17, 15) is 5.11 Å². The zero-order chi connectivity index (χ0) is 19.8. The fourth-order valence-corrected chi connectivity index (χ4v) is 3.77. The molecule has 0 atom stereocenters. The first-order valence-corrected chi connectivity index (χ1v) is 10.1. The van der Waals surface area contributed by atoms with Crippen LogP contribution in [0, 0.1) is 5.92 Å². The summed E-state index contributed by atoms with van der Waals surface area (Å²) in [5, 5.41) is 22.0. The van der Waals surface area contributed by atoms with E-state index in [0.29, 0.717) is 28.9 Å². The number of rotatable bonds is 4. The lowest BCUT2D eigenvalue weighted by molar-refractivity contribution is 0.401. The summed E-state index contributed by atoms with van der Waals surface area (Å²) in [4.78, 5) is 4.33. The Morgan fingerprint density at radius 3 is 2.71 bits per heavy atom. The molecule has 7 heteroatoms. The fraction of sp³-hybridized carbons (Fsp3) is 0.190. The Labute approximate surface area is 175 Å². The minimum atomic E-state index is 0.118. The number of hydrogen-bond donors (Lipinski definition) is 1. The lowest BCUT2D eigenvalue weighted by Gasteiger charge is -2.09. The molecule has 0 aliphatic carbocycles. The highest BCUT2D eigenvalue weighted by Crippen LogP contribution is 2.41. The van der Waals surface area contributed by atoms with E-state index in [1.165, 1.54) is 0 Å². The van der Waals surface area contributed by atoms with Gasteiger partial charge < -0.3 is 9.67 Å². The predicted molar refractivity (Wildman–Crippen MR) is 117 cm³/mol. The zero-order valence-electron chi connectivity index (χ0n) is 15.4. The molecule has 2 aromatic carbocycles. The number of pyridine rings is 1. The number of halogens is 2. The van der Waals surface area contributed by atoms with Crippen molar-refractivity contribution in [1.29, 1.82) is 0 Å². The molecule has 4 rings (SSSR count). The van der Waals surface area contributed by atoms with Gasteiger partial charge in [-0.2, -0.15) is 0 Å². The molecular formula is C21H18BrClN4O. The quantitative estimate of drug-likeness (QED) is 0.325. The van der Waals surface area contributed by atoms with Crippen LogP contribution >= 0.6 is 27.5 Å². The zero-order valence-corrected chi connectivity index (χ0v) is 17.7. The van der Waals surface area contributed by atoms with E-state index < -0.39 is 0 Å².